The SMILES string of the molecule is O=C(COC(=O)C12C[C@@H]3C[C@@H](CC(O)(C3)C1)C2)Nc1ccc(Cl)cn1. The molecule has 4 atom stereocenters. The van der Waals surface area contributed by atoms with Crippen molar-refractivity contribution in [3.63, 3.8) is 0 Å². The molecule has 4 aliphatic carbocycles. The number of hydrogen-bond acceptors (Lipinski definition) is 5. The Kier molecular flexibility index (Phi) is 4.00. The lowest BCUT2D eigenvalue weighted by atomic mass is 9.48. The number of carbonyl (C=O) groups excluding carboxylic acids is 2. The molecule has 0 radical (unpaired) electrons. The molecule has 0 saturated heterocycles. The summed E-state index contributed by atoms with van der Waals surface area (Å²) in [4.78, 5) is 28.6. The van der Waals surface area contributed by atoms with E-state index in [4.69, 9.17) is 16.3 Å². The molecule has 7 heteroatoms. The number of pyridine rings is 1. The number of nitrogens with zero attached hydrogens (tertiary/aromatic N) is 1. The minimum atomic E-state index is -0.724. The fourth-order valence-electron chi connectivity index (χ4n) is 5.37. The van der Waals surface area contributed by atoms with E-state index in [-0.39, 0.29) is 12.6 Å². The van der Waals surface area contributed by atoms with E-state index in [1.54, 1.807) is 12.1 Å². The van der Waals surface area contributed by atoms with Crippen molar-refractivity contribution in [1.29, 1.82) is 0 Å². The third-order valence-electron chi connectivity index (χ3n) is 5.79. The van der Waals surface area contributed by atoms with Crippen LogP contribution in [-0.2, 0) is 14.3 Å². The second-order valence-corrected chi connectivity index (χ2v) is 8.39. The Morgan fingerprint density at radius 2 is 2.00 bits per heavy atom. The Bertz CT molecular complexity index is 692. The van der Waals surface area contributed by atoms with E-state index in [9.17, 15) is 14.7 Å². The molecule has 2 N–H and O–H groups in total. The van der Waals surface area contributed by atoms with Crippen molar-refractivity contribution < 1.29 is 19.4 Å². The van der Waals surface area contributed by atoms with Gasteiger partial charge in [0.2, 0.25) is 0 Å². The number of aliphatic hydroxyl groups is 1. The molecular formula is C18H21ClN2O4. The summed E-state index contributed by atoms with van der Waals surface area (Å²) in [5, 5.41) is 13.8. The molecule has 1 aromatic heterocycles. The van der Waals surface area contributed by atoms with E-state index in [0.29, 0.717) is 29.1 Å². The number of carbonyl (C=O) groups is 2. The average Bonchev–Trinajstić information content (AvgIpc) is 2.52. The molecule has 1 heterocycles. The van der Waals surface area contributed by atoms with Gasteiger partial charge in [-0.05, 0) is 62.5 Å². The van der Waals surface area contributed by atoms with Crippen LogP contribution in [0.2, 0.25) is 5.02 Å². The quantitative estimate of drug-likeness (QED) is 0.801. The van der Waals surface area contributed by atoms with Crippen LogP contribution in [0.15, 0.2) is 18.3 Å². The van der Waals surface area contributed by atoms with E-state index in [1.807, 2.05) is 0 Å². The largest absolute Gasteiger partial charge is 0.455 e. The molecule has 134 valence electrons. The third kappa shape index (κ3) is 3.25. The second-order valence-electron chi connectivity index (χ2n) is 7.95. The first-order valence-electron chi connectivity index (χ1n) is 8.67. The molecule has 1 aromatic rings. The molecular weight excluding hydrogens is 344 g/mol. The van der Waals surface area contributed by atoms with Gasteiger partial charge in [-0.1, -0.05) is 11.6 Å². The van der Waals surface area contributed by atoms with E-state index < -0.39 is 16.9 Å². The van der Waals surface area contributed by atoms with Gasteiger partial charge in [0.05, 0.1) is 16.0 Å². The zero-order valence-corrected chi connectivity index (χ0v) is 14.6. The van der Waals surface area contributed by atoms with Gasteiger partial charge in [-0.2, -0.15) is 0 Å². The molecule has 4 fully saturated rings. The number of hydrogen-bond donors (Lipinski definition) is 2. The third-order valence-corrected chi connectivity index (χ3v) is 6.02. The molecule has 0 aliphatic heterocycles. The van der Waals surface area contributed by atoms with Gasteiger partial charge in [-0.15, -0.1) is 0 Å². The predicted molar refractivity (Wildman–Crippen MR) is 90.9 cm³/mol. The van der Waals surface area contributed by atoms with Gasteiger partial charge in [-0.3, -0.25) is 9.59 Å². The van der Waals surface area contributed by atoms with Crippen LogP contribution >= 0.6 is 11.6 Å². The average molecular weight is 365 g/mol. The predicted octanol–water partition coefficient (Wildman–Crippen LogP) is 2.55. The monoisotopic (exact) mass is 364 g/mol. The first kappa shape index (κ1) is 16.8. The number of amides is 1. The number of aromatic nitrogens is 1. The highest BCUT2D eigenvalue weighted by Crippen LogP contribution is 2.61. The molecule has 6 nitrogen and oxygen atoms in total. The molecule has 25 heavy (non-hydrogen) atoms. The van der Waals surface area contributed by atoms with Crippen LogP contribution in [0.4, 0.5) is 5.82 Å². The van der Waals surface area contributed by atoms with Crippen LogP contribution in [0.1, 0.15) is 38.5 Å². The summed E-state index contributed by atoms with van der Waals surface area (Å²) in [6, 6.07) is 3.20. The minimum Gasteiger partial charge on any atom is -0.455 e. The topological polar surface area (TPSA) is 88.5 Å². The maximum Gasteiger partial charge on any atom is 0.312 e. The van der Waals surface area contributed by atoms with Gasteiger partial charge in [0.1, 0.15) is 5.82 Å². The van der Waals surface area contributed by atoms with Crippen LogP contribution in [0.5, 0.6) is 0 Å². The normalized spacial score (nSPS) is 35.4. The highest BCUT2D eigenvalue weighted by Gasteiger charge is 2.60. The summed E-state index contributed by atoms with van der Waals surface area (Å²) >= 11 is 5.75. The highest BCUT2D eigenvalue weighted by molar-refractivity contribution is 6.30. The van der Waals surface area contributed by atoms with Crippen LogP contribution in [-0.4, -0.2) is 34.2 Å². The molecule has 2 unspecified atom stereocenters. The second kappa shape index (κ2) is 5.95. The summed E-state index contributed by atoms with van der Waals surface area (Å²) in [6.45, 7) is -0.349. The molecule has 4 bridgehead atoms. The van der Waals surface area contributed by atoms with Crippen molar-refractivity contribution in [2.75, 3.05) is 11.9 Å². The van der Waals surface area contributed by atoms with Crippen LogP contribution in [0.3, 0.4) is 0 Å². The van der Waals surface area contributed by atoms with E-state index in [2.05, 4.69) is 10.3 Å². The highest BCUT2D eigenvalue weighted by atomic mass is 35.5. The molecule has 4 saturated carbocycles. The molecule has 1 amide bonds. The van der Waals surface area contributed by atoms with Crippen molar-refractivity contribution in [3.8, 4) is 0 Å². The van der Waals surface area contributed by atoms with E-state index >= 15 is 0 Å². The standard InChI is InChI=1S/C18H21ClN2O4/c19-13-1-2-14(20-8-13)21-15(22)9-25-16(23)17-4-11-3-12(5-17)7-18(24,6-11)10-17/h1-2,8,11-12,24H,3-7,9-10H2,(H,20,21,22)/t11-,12+,17?,18?. The number of anilines is 1. The number of esters is 1. The maximum atomic E-state index is 12.7. The Labute approximate surface area is 150 Å². The Hall–Kier alpha value is -1.66. The minimum absolute atomic E-state index is 0.348. The van der Waals surface area contributed by atoms with Gasteiger partial charge < -0.3 is 15.2 Å². The summed E-state index contributed by atoms with van der Waals surface area (Å²) in [5.41, 5.74) is -1.34. The van der Waals surface area contributed by atoms with Crippen LogP contribution in [0.25, 0.3) is 0 Å². The molecule has 0 aromatic carbocycles. The van der Waals surface area contributed by atoms with E-state index in [0.717, 1.165) is 32.1 Å². The van der Waals surface area contributed by atoms with Gasteiger partial charge in [0.15, 0.2) is 6.61 Å². The lowest BCUT2D eigenvalue weighted by Gasteiger charge is -2.58. The van der Waals surface area contributed by atoms with Crippen molar-refractivity contribution in [2.45, 2.75) is 44.1 Å². The summed E-state index contributed by atoms with van der Waals surface area (Å²) < 4.78 is 5.31. The maximum absolute atomic E-state index is 12.7. The van der Waals surface area contributed by atoms with Gasteiger partial charge in [0.25, 0.3) is 5.91 Å². The van der Waals surface area contributed by atoms with Gasteiger partial charge >= 0.3 is 5.97 Å². The lowest BCUT2D eigenvalue weighted by molar-refractivity contribution is -0.196. The number of ether oxygens (including phenoxy) is 1. The molecule has 5 rings (SSSR count). The van der Waals surface area contributed by atoms with Crippen molar-refractivity contribution in [1.82, 2.24) is 4.98 Å². The number of nitrogens with one attached hydrogen (secondary N) is 1. The zero-order chi connectivity index (χ0) is 17.7. The van der Waals surface area contributed by atoms with Crippen LogP contribution in [0, 0.1) is 17.3 Å². The Morgan fingerprint density at radius 1 is 1.28 bits per heavy atom. The number of rotatable bonds is 4. The zero-order valence-electron chi connectivity index (χ0n) is 13.8. The molecule has 0 spiro atoms. The lowest BCUT2D eigenvalue weighted by Crippen LogP contribution is -2.58. The molecule has 4 aliphatic rings. The van der Waals surface area contributed by atoms with Gasteiger partial charge in [0, 0.05) is 6.20 Å². The smallest absolute Gasteiger partial charge is 0.312 e. The fraction of sp³-hybridized carbons (Fsp3) is 0.611. The number of halogens is 1. The Morgan fingerprint density at radius 3 is 2.60 bits per heavy atom. The first-order chi connectivity index (χ1) is 11.9. The van der Waals surface area contributed by atoms with E-state index in [1.165, 1.54) is 6.20 Å². The van der Waals surface area contributed by atoms with Crippen molar-refractivity contribution >= 4 is 29.3 Å². The first-order valence-corrected chi connectivity index (χ1v) is 9.05. The van der Waals surface area contributed by atoms with Crippen LogP contribution < -0.4 is 5.32 Å². The van der Waals surface area contributed by atoms with Crippen molar-refractivity contribution in [2.24, 2.45) is 17.3 Å². The summed E-state index contributed by atoms with van der Waals surface area (Å²) in [6.07, 6.45) is 6.12. The fourth-order valence-corrected chi connectivity index (χ4v) is 5.48. The van der Waals surface area contributed by atoms with Crippen molar-refractivity contribution in [3.05, 3.63) is 23.4 Å². The van der Waals surface area contributed by atoms with Gasteiger partial charge in [-0.25, -0.2) is 4.98 Å². The summed E-state index contributed by atoms with van der Waals surface area (Å²) in [5.74, 6) is 0.359. The summed E-state index contributed by atoms with van der Waals surface area (Å²) in [7, 11) is 0. The Balaban J connectivity index is 1.36.